The normalized spacial score (nSPS) is 12.6. The van der Waals surface area contributed by atoms with Gasteiger partial charge >= 0.3 is 0 Å². The molecule has 0 saturated carbocycles. The van der Waals surface area contributed by atoms with Gasteiger partial charge in [-0.25, -0.2) is 8.42 Å². The summed E-state index contributed by atoms with van der Waals surface area (Å²) in [4.78, 5) is 11.6. The highest BCUT2D eigenvalue weighted by atomic mass is 32.2. The van der Waals surface area contributed by atoms with Gasteiger partial charge in [0, 0.05) is 0 Å². The predicted molar refractivity (Wildman–Crippen MR) is 86.4 cm³/mol. The molecule has 0 heterocycles. The Morgan fingerprint density at radius 3 is 2.26 bits per heavy atom. The molecule has 1 amide bonds. The standard InChI is InChI=1S/C16H18N2O4S/c1-22-13-7-9-14(10-8-13)23(20,21)18-15(16(17)19)11-12-5-3-2-4-6-12/h2-10,15,18H,11H2,1H3,(H2,17,19). The van der Waals surface area contributed by atoms with Gasteiger partial charge in [-0.1, -0.05) is 30.3 Å². The second-order valence-corrected chi connectivity index (χ2v) is 6.66. The van der Waals surface area contributed by atoms with Crippen LogP contribution in [0.25, 0.3) is 0 Å². The number of sulfonamides is 1. The van der Waals surface area contributed by atoms with Gasteiger partial charge < -0.3 is 10.5 Å². The Kier molecular flexibility index (Phi) is 5.36. The van der Waals surface area contributed by atoms with Crippen LogP contribution in [-0.4, -0.2) is 27.5 Å². The maximum atomic E-state index is 12.4. The molecule has 6 nitrogen and oxygen atoms in total. The average molecular weight is 334 g/mol. The molecule has 3 N–H and O–H groups in total. The van der Waals surface area contributed by atoms with Gasteiger partial charge in [-0.2, -0.15) is 4.72 Å². The number of hydrogen-bond acceptors (Lipinski definition) is 4. The highest BCUT2D eigenvalue weighted by molar-refractivity contribution is 7.89. The molecular weight excluding hydrogens is 316 g/mol. The highest BCUT2D eigenvalue weighted by Crippen LogP contribution is 2.16. The monoisotopic (exact) mass is 334 g/mol. The van der Waals surface area contributed by atoms with Crippen molar-refractivity contribution in [3.05, 3.63) is 60.2 Å². The fraction of sp³-hybridized carbons (Fsp3) is 0.188. The van der Waals surface area contributed by atoms with E-state index in [4.69, 9.17) is 10.5 Å². The lowest BCUT2D eigenvalue weighted by Gasteiger charge is -2.16. The first-order valence-electron chi connectivity index (χ1n) is 6.92. The van der Waals surface area contributed by atoms with Gasteiger partial charge in [-0.15, -0.1) is 0 Å². The van der Waals surface area contributed by atoms with Crippen LogP contribution in [0.15, 0.2) is 59.5 Å². The molecule has 2 aromatic rings. The average Bonchev–Trinajstić information content (AvgIpc) is 2.55. The van der Waals surface area contributed by atoms with Crippen LogP contribution in [0.2, 0.25) is 0 Å². The van der Waals surface area contributed by atoms with Crippen LogP contribution in [0.3, 0.4) is 0 Å². The fourth-order valence-corrected chi connectivity index (χ4v) is 3.26. The van der Waals surface area contributed by atoms with E-state index in [1.54, 1.807) is 12.1 Å². The van der Waals surface area contributed by atoms with E-state index in [1.807, 2.05) is 18.2 Å². The number of ether oxygens (including phenoxy) is 1. The number of hydrogen-bond donors (Lipinski definition) is 2. The van der Waals surface area contributed by atoms with Crippen LogP contribution in [0.1, 0.15) is 5.56 Å². The number of benzene rings is 2. The summed E-state index contributed by atoms with van der Waals surface area (Å²) in [6, 6.07) is 13.9. The molecule has 0 aliphatic heterocycles. The summed E-state index contributed by atoms with van der Waals surface area (Å²) in [7, 11) is -2.37. The van der Waals surface area contributed by atoms with Crippen LogP contribution in [0, 0.1) is 0 Å². The zero-order valence-electron chi connectivity index (χ0n) is 12.6. The first kappa shape index (κ1) is 17.0. The topological polar surface area (TPSA) is 98.5 Å². The summed E-state index contributed by atoms with van der Waals surface area (Å²) in [5.74, 6) is -0.189. The van der Waals surface area contributed by atoms with Crippen molar-refractivity contribution in [2.75, 3.05) is 7.11 Å². The van der Waals surface area contributed by atoms with E-state index in [2.05, 4.69) is 4.72 Å². The second-order valence-electron chi connectivity index (χ2n) is 4.94. The van der Waals surface area contributed by atoms with Crippen molar-refractivity contribution in [2.24, 2.45) is 5.73 Å². The van der Waals surface area contributed by atoms with E-state index in [9.17, 15) is 13.2 Å². The Morgan fingerprint density at radius 1 is 1.13 bits per heavy atom. The van der Waals surface area contributed by atoms with Crippen LogP contribution >= 0.6 is 0 Å². The molecule has 1 atom stereocenters. The number of carbonyl (C=O) groups excluding carboxylic acids is 1. The molecule has 0 spiro atoms. The summed E-state index contributed by atoms with van der Waals surface area (Å²) in [6.45, 7) is 0. The molecule has 7 heteroatoms. The van der Waals surface area contributed by atoms with E-state index >= 15 is 0 Å². The molecule has 1 unspecified atom stereocenters. The maximum absolute atomic E-state index is 12.4. The molecule has 23 heavy (non-hydrogen) atoms. The van der Waals surface area contributed by atoms with Crippen molar-refractivity contribution >= 4 is 15.9 Å². The van der Waals surface area contributed by atoms with Gasteiger partial charge in [-0.05, 0) is 36.2 Å². The van der Waals surface area contributed by atoms with E-state index in [0.29, 0.717) is 5.75 Å². The van der Waals surface area contributed by atoms with E-state index < -0.39 is 22.0 Å². The maximum Gasteiger partial charge on any atom is 0.241 e. The second kappa shape index (κ2) is 7.26. The smallest absolute Gasteiger partial charge is 0.241 e. The third-order valence-electron chi connectivity index (χ3n) is 3.29. The fourth-order valence-electron chi connectivity index (χ4n) is 2.06. The van der Waals surface area contributed by atoms with Gasteiger partial charge in [0.25, 0.3) is 0 Å². The first-order valence-corrected chi connectivity index (χ1v) is 8.40. The molecule has 0 saturated heterocycles. The molecule has 122 valence electrons. The number of methoxy groups -OCH3 is 1. The Bertz CT molecular complexity index is 758. The summed E-state index contributed by atoms with van der Waals surface area (Å²) >= 11 is 0. The predicted octanol–water partition coefficient (Wildman–Crippen LogP) is 1.07. The molecule has 0 aliphatic carbocycles. The third-order valence-corrected chi connectivity index (χ3v) is 4.78. The Labute approximate surface area is 135 Å². The van der Waals surface area contributed by atoms with Crippen molar-refractivity contribution in [3.8, 4) is 5.75 Å². The summed E-state index contributed by atoms with van der Waals surface area (Å²) in [5.41, 5.74) is 6.14. The molecule has 0 bridgehead atoms. The van der Waals surface area contributed by atoms with E-state index in [0.717, 1.165) is 5.56 Å². The minimum absolute atomic E-state index is 0.0395. The number of carbonyl (C=O) groups is 1. The Hall–Kier alpha value is -2.38. The Balaban J connectivity index is 2.19. The molecule has 0 aliphatic rings. The summed E-state index contributed by atoms with van der Waals surface area (Å²) in [5, 5.41) is 0. The number of nitrogens with one attached hydrogen (secondary N) is 1. The van der Waals surface area contributed by atoms with Crippen molar-refractivity contribution < 1.29 is 17.9 Å². The van der Waals surface area contributed by atoms with Crippen molar-refractivity contribution in [3.63, 3.8) is 0 Å². The largest absolute Gasteiger partial charge is 0.497 e. The van der Waals surface area contributed by atoms with Crippen LogP contribution in [0.4, 0.5) is 0 Å². The van der Waals surface area contributed by atoms with E-state index in [1.165, 1.54) is 31.4 Å². The molecule has 2 rings (SSSR count). The lowest BCUT2D eigenvalue weighted by Crippen LogP contribution is -2.45. The molecular formula is C16H18N2O4S. The minimum atomic E-state index is -3.86. The van der Waals surface area contributed by atoms with Crippen molar-refractivity contribution in [2.45, 2.75) is 17.4 Å². The van der Waals surface area contributed by atoms with Crippen molar-refractivity contribution in [1.82, 2.24) is 4.72 Å². The zero-order chi connectivity index (χ0) is 16.9. The number of rotatable bonds is 7. The lowest BCUT2D eigenvalue weighted by molar-refractivity contribution is -0.119. The van der Waals surface area contributed by atoms with Gasteiger partial charge in [-0.3, -0.25) is 4.79 Å². The number of nitrogens with two attached hydrogens (primary N) is 1. The van der Waals surface area contributed by atoms with Gasteiger partial charge in [0.05, 0.1) is 12.0 Å². The third kappa shape index (κ3) is 4.54. The SMILES string of the molecule is COc1ccc(S(=O)(=O)NC(Cc2ccccc2)C(N)=O)cc1. The summed E-state index contributed by atoms with van der Waals surface area (Å²) in [6.07, 6.45) is 0.186. The molecule has 0 fully saturated rings. The van der Waals surface area contributed by atoms with Crippen LogP contribution in [0.5, 0.6) is 5.75 Å². The molecule has 0 aromatic heterocycles. The van der Waals surface area contributed by atoms with Crippen LogP contribution in [-0.2, 0) is 21.2 Å². The highest BCUT2D eigenvalue weighted by Gasteiger charge is 2.24. The van der Waals surface area contributed by atoms with E-state index in [-0.39, 0.29) is 11.3 Å². The Morgan fingerprint density at radius 2 is 1.74 bits per heavy atom. The van der Waals surface area contributed by atoms with Gasteiger partial charge in [0.2, 0.25) is 15.9 Å². The van der Waals surface area contributed by atoms with Crippen LogP contribution < -0.4 is 15.2 Å². The lowest BCUT2D eigenvalue weighted by atomic mass is 10.1. The minimum Gasteiger partial charge on any atom is -0.497 e. The molecule has 2 aromatic carbocycles. The number of amides is 1. The quantitative estimate of drug-likeness (QED) is 0.791. The van der Waals surface area contributed by atoms with Gasteiger partial charge in [0.1, 0.15) is 11.8 Å². The molecule has 0 radical (unpaired) electrons. The van der Waals surface area contributed by atoms with Crippen molar-refractivity contribution in [1.29, 1.82) is 0 Å². The van der Waals surface area contributed by atoms with Gasteiger partial charge in [0.15, 0.2) is 0 Å². The number of primary amides is 1. The summed E-state index contributed by atoms with van der Waals surface area (Å²) < 4.78 is 32.1. The zero-order valence-corrected chi connectivity index (χ0v) is 13.4. The first-order chi connectivity index (χ1) is 10.9.